The van der Waals surface area contributed by atoms with Gasteiger partial charge in [-0.05, 0) is 29.4 Å². The maximum atomic E-state index is 14.2. The van der Waals surface area contributed by atoms with Crippen molar-refractivity contribution in [2.75, 3.05) is 6.54 Å². The highest BCUT2D eigenvalue weighted by Crippen LogP contribution is 2.39. The number of rotatable bonds is 4. The molecular formula is C17H25ClFN. The van der Waals surface area contributed by atoms with Gasteiger partial charge in [-0.1, -0.05) is 57.8 Å². The smallest absolute Gasteiger partial charge is 0.145 e. The summed E-state index contributed by atoms with van der Waals surface area (Å²) < 4.78 is 14.2. The van der Waals surface area contributed by atoms with Gasteiger partial charge < -0.3 is 5.32 Å². The van der Waals surface area contributed by atoms with E-state index in [4.69, 9.17) is 11.6 Å². The lowest BCUT2D eigenvalue weighted by atomic mass is 9.77. The summed E-state index contributed by atoms with van der Waals surface area (Å²) in [5, 5.41) is 3.81. The van der Waals surface area contributed by atoms with Gasteiger partial charge >= 0.3 is 0 Å². The molecule has 0 saturated carbocycles. The van der Waals surface area contributed by atoms with Crippen LogP contribution in [0.25, 0.3) is 0 Å². The van der Waals surface area contributed by atoms with Crippen molar-refractivity contribution < 1.29 is 4.39 Å². The Morgan fingerprint density at radius 1 is 1.40 bits per heavy atom. The monoisotopic (exact) mass is 297 g/mol. The van der Waals surface area contributed by atoms with Crippen LogP contribution in [0.4, 0.5) is 4.39 Å². The van der Waals surface area contributed by atoms with Gasteiger partial charge in [0.1, 0.15) is 5.82 Å². The minimum Gasteiger partial charge on any atom is -0.313 e. The lowest BCUT2D eigenvalue weighted by Crippen LogP contribution is -2.31. The molecule has 3 atom stereocenters. The molecule has 1 nitrogen and oxygen atoms in total. The summed E-state index contributed by atoms with van der Waals surface area (Å²) in [7, 11) is 0. The summed E-state index contributed by atoms with van der Waals surface area (Å²) in [4.78, 5) is 0. The lowest BCUT2D eigenvalue weighted by Gasteiger charge is -2.29. The molecule has 1 fully saturated rings. The van der Waals surface area contributed by atoms with Crippen LogP contribution in [0.2, 0.25) is 5.02 Å². The van der Waals surface area contributed by atoms with Crippen LogP contribution in [-0.2, 0) is 0 Å². The van der Waals surface area contributed by atoms with E-state index in [1.54, 1.807) is 6.07 Å². The molecule has 3 unspecified atom stereocenters. The van der Waals surface area contributed by atoms with Gasteiger partial charge in [0.2, 0.25) is 0 Å². The zero-order chi connectivity index (χ0) is 14.9. The van der Waals surface area contributed by atoms with E-state index in [0.717, 1.165) is 24.9 Å². The molecule has 1 aromatic rings. The fourth-order valence-corrected chi connectivity index (χ4v) is 3.31. The first-order valence-corrected chi connectivity index (χ1v) is 7.91. The van der Waals surface area contributed by atoms with Crippen molar-refractivity contribution in [3.63, 3.8) is 0 Å². The van der Waals surface area contributed by atoms with E-state index in [0.29, 0.717) is 17.4 Å². The number of hydrogen-bond acceptors (Lipinski definition) is 1. The SMILES string of the molecule is CCC(C)(C)CC1NCC(c2cccc(Cl)c2F)C1C. The molecule has 0 aromatic heterocycles. The van der Waals surface area contributed by atoms with E-state index in [2.05, 4.69) is 33.0 Å². The zero-order valence-electron chi connectivity index (χ0n) is 12.8. The highest BCUT2D eigenvalue weighted by atomic mass is 35.5. The molecule has 0 radical (unpaired) electrons. The molecule has 1 aromatic carbocycles. The Bertz CT molecular complexity index is 472. The Labute approximate surface area is 126 Å². The Morgan fingerprint density at radius 2 is 2.10 bits per heavy atom. The molecule has 0 amide bonds. The predicted octanol–water partition coefficient (Wildman–Crippen LogP) is 5.00. The van der Waals surface area contributed by atoms with E-state index >= 15 is 0 Å². The van der Waals surface area contributed by atoms with Crippen LogP contribution in [0.1, 0.15) is 52.0 Å². The van der Waals surface area contributed by atoms with Crippen molar-refractivity contribution in [2.45, 2.75) is 52.5 Å². The van der Waals surface area contributed by atoms with Crippen molar-refractivity contribution in [1.29, 1.82) is 0 Å². The van der Waals surface area contributed by atoms with Gasteiger partial charge in [-0.3, -0.25) is 0 Å². The average molecular weight is 298 g/mol. The van der Waals surface area contributed by atoms with Crippen molar-refractivity contribution in [1.82, 2.24) is 5.32 Å². The molecule has 3 heteroatoms. The average Bonchev–Trinajstić information content (AvgIpc) is 2.74. The Balaban J connectivity index is 2.15. The van der Waals surface area contributed by atoms with Crippen LogP contribution in [-0.4, -0.2) is 12.6 Å². The minimum absolute atomic E-state index is 0.214. The predicted molar refractivity (Wildman–Crippen MR) is 83.8 cm³/mol. The number of nitrogens with one attached hydrogen (secondary N) is 1. The van der Waals surface area contributed by atoms with Crippen LogP contribution >= 0.6 is 11.6 Å². The highest BCUT2D eigenvalue weighted by molar-refractivity contribution is 6.30. The van der Waals surface area contributed by atoms with Crippen molar-refractivity contribution in [3.8, 4) is 0 Å². The van der Waals surface area contributed by atoms with Gasteiger partial charge in [0.15, 0.2) is 0 Å². The second-order valence-electron chi connectivity index (χ2n) is 6.85. The largest absolute Gasteiger partial charge is 0.313 e. The topological polar surface area (TPSA) is 12.0 Å². The molecule has 0 spiro atoms. The minimum atomic E-state index is -0.247. The molecule has 1 aliphatic heterocycles. The molecule has 1 saturated heterocycles. The summed E-state index contributed by atoms with van der Waals surface area (Å²) in [5.74, 6) is 0.392. The Kier molecular flexibility index (Phi) is 4.76. The quantitative estimate of drug-likeness (QED) is 0.825. The summed E-state index contributed by atoms with van der Waals surface area (Å²) >= 11 is 5.91. The first kappa shape index (κ1) is 15.8. The number of halogens is 2. The third kappa shape index (κ3) is 3.17. The van der Waals surface area contributed by atoms with E-state index in [1.165, 1.54) is 0 Å². The van der Waals surface area contributed by atoms with E-state index in [1.807, 2.05) is 12.1 Å². The molecule has 112 valence electrons. The van der Waals surface area contributed by atoms with Crippen LogP contribution < -0.4 is 5.32 Å². The van der Waals surface area contributed by atoms with E-state index < -0.39 is 0 Å². The van der Waals surface area contributed by atoms with Gasteiger partial charge in [0, 0.05) is 18.5 Å². The van der Waals surface area contributed by atoms with Crippen molar-refractivity contribution in [2.24, 2.45) is 11.3 Å². The highest BCUT2D eigenvalue weighted by Gasteiger charge is 2.37. The van der Waals surface area contributed by atoms with E-state index in [-0.39, 0.29) is 16.8 Å². The second-order valence-corrected chi connectivity index (χ2v) is 7.25. The van der Waals surface area contributed by atoms with Gasteiger partial charge in [-0.2, -0.15) is 0 Å². The Hall–Kier alpha value is -0.600. The summed E-state index contributed by atoms with van der Waals surface area (Å²) in [6.45, 7) is 9.89. The molecular weight excluding hydrogens is 273 g/mol. The maximum Gasteiger partial charge on any atom is 0.145 e. The molecule has 0 bridgehead atoms. The summed E-state index contributed by atoms with van der Waals surface area (Å²) in [6, 6.07) is 5.78. The van der Waals surface area contributed by atoms with Gasteiger partial charge in [0.05, 0.1) is 5.02 Å². The summed E-state index contributed by atoms with van der Waals surface area (Å²) in [6.07, 6.45) is 2.29. The fourth-order valence-electron chi connectivity index (χ4n) is 3.13. The molecule has 1 N–H and O–H groups in total. The Morgan fingerprint density at radius 3 is 2.75 bits per heavy atom. The van der Waals surface area contributed by atoms with Gasteiger partial charge in [-0.25, -0.2) is 4.39 Å². The van der Waals surface area contributed by atoms with Crippen LogP contribution in [0, 0.1) is 17.2 Å². The fraction of sp³-hybridized carbons (Fsp3) is 0.647. The lowest BCUT2D eigenvalue weighted by molar-refractivity contribution is 0.256. The zero-order valence-corrected chi connectivity index (χ0v) is 13.6. The molecule has 1 aliphatic rings. The van der Waals surface area contributed by atoms with Crippen molar-refractivity contribution >= 4 is 11.6 Å². The van der Waals surface area contributed by atoms with Gasteiger partial charge in [-0.15, -0.1) is 0 Å². The normalized spacial score (nSPS) is 27.0. The van der Waals surface area contributed by atoms with Crippen molar-refractivity contribution in [3.05, 3.63) is 34.6 Å². The first-order chi connectivity index (χ1) is 9.35. The molecule has 20 heavy (non-hydrogen) atoms. The number of hydrogen-bond donors (Lipinski definition) is 1. The van der Waals surface area contributed by atoms with Crippen LogP contribution in [0.3, 0.4) is 0 Å². The van der Waals surface area contributed by atoms with E-state index in [9.17, 15) is 4.39 Å². The molecule has 1 heterocycles. The molecule has 2 rings (SSSR count). The maximum absolute atomic E-state index is 14.2. The standard InChI is InChI=1S/C17H25ClFN/c1-5-17(3,4)9-15-11(2)13(10-20-15)12-7-6-8-14(18)16(12)19/h6-8,11,13,15,20H,5,9-10H2,1-4H3. The molecule has 0 aliphatic carbocycles. The third-order valence-electron chi connectivity index (χ3n) is 4.98. The van der Waals surface area contributed by atoms with Crippen LogP contribution in [0.5, 0.6) is 0 Å². The second kappa shape index (κ2) is 6.03. The number of benzene rings is 1. The van der Waals surface area contributed by atoms with Crippen LogP contribution in [0.15, 0.2) is 18.2 Å². The third-order valence-corrected chi connectivity index (χ3v) is 5.27. The first-order valence-electron chi connectivity index (χ1n) is 7.53. The van der Waals surface area contributed by atoms with Gasteiger partial charge in [0.25, 0.3) is 0 Å². The summed E-state index contributed by atoms with van der Waals surface area (Å²) in [5.41, 5.74) is 1.09.